The predicted octanol–water partition coefficient (Wildman–Crippen LogP) is 3.05. The van der Waals surface area contributed by atoms with Gasteiger partial charge in [0.25, 0.3) is 0 Å². The van der Waals surface area contributed by atoms with Crippen LogP contribution in [0.3, 0.4) is 0 Å². The molecule has 1 N–H and O–H groups in total. The number of hydrogen-bond acceptors (Lipinski definition) is 4. The number of piperidine rings is 1. The molecule has 6 heteroatoms. The zero-order valence-electron chi connectivity index (χ0n) is 16.9. The molecule has 0 amide bonds. The van der Waals surface area contributed by atoms with Crippen molar-refractivity contribution < 1.29 is 0 Å². The van der Waals surface area contributed by atoms with Crippen LogP contribution in [0.4, 0.5) is 0 Å². The molecule has 1 fully saturated rings. The third-order valence-electron chi connectivity index (χ3n) is 5.86. The number of aryl methyl sites for hydroxylation is 1. The Labute approximate surface area is 161 Å². The zero-order valence-corrected chi connectivity index (χ0v) is 16.9. The lowest BCUT2D eigenvalue weighted by atomic mass is 9.95. The van der Waals surface area contributed by atoms with E-state index in [2.05, 4.69) is 81.9 Å². The molecule has 0 spiro atoms. The molecule has 6 nitrogen and oxygen atoms in total. The molecular weight excluding hydrogens is 336 g/mol. The van der Waals surface area contributed by atoms with Crippen molar-refractivity contribution in [2.45, 2.75) is 38.8 Å². The fourth-order valence-corrected chi connectivity index (χ4v) is 4.22. The van der Waals surface area contributed by atoms with Crippen molar-refractivity contribution in [3.63, 3.8) is 0 Å². The lowest BCUT2D eigenvalue weighted by Crippen LogP contribution is -2.33. The van der Waals surface area contributed by atoms with Crippen LogP contribution in [0.1, 0.15) is 41.7 Å². The maximum absolute atomic E-state index is 4.51. The normalized spacial score (nSPS) is 16.6. The third kappa shape index (κ3) is 3.64. The summed E-state index contributed by atoms with van der Waals surface area (Å²) in [5.74, 6) is 2.71. The highest BCUT2D eigenvalue weighted by Crippen LogP contribution is 2.29. The number of nitrogens with zero attached hydrogens (tertiary/aromatic N) is 5. The Morgan fingerprint density at radius 1 is 1.15 bits per heavy atom. The van der Waals surface area contributed by atoms with Crippen LogP contribution in [0.5, 0.6) is 0 Å². The fraction of sp³-hybridized carbons (Fsp3) is 0.524. The van der Waals surface area contributed by atoms with Gasteiger partial charge in [-0.1, -0.05) is 18.2 Å². The van der Waals surface area contributed by atoms with Crippen molar-refractivity contribution in [3.8, 4) is 0 Å². The molecule has 2 aromatic heterocycles. The number of likely N-dealkylation sites (tertiary alicyclic amines) is 1. The number of hydrogen-bond donors (Lipinski definition) is 1. The summed E-state index contributed by atoms with van der Waals surface area (Å²) in [6.07, 6.45) is 2.29. The minimum atomic E-state index is 0.512. The molecule has 27 heavy (non-hydrogen) atoms. The Morgan fingerprint density at radius 2 is 1.89 bits per heavy atom. The maximum Gasteiger partial charge on any atom is 0.146 e. The molecule has 1 aliphatic heterocycles. The van der Waals surface area contributed by atoms with Gasteiger partial charge in [-0.3, -0.25) is 4.90 Å². The van der Waals surface area contributed by atoms with Gasteiger partial charge in [0, 0.05) is 36.1 Å². The monoisotopic (exact) mass is 366 g/mol. The van der Waals surface area contributed by atoms with Crippen LogP contribution in [0, 0.1) is 6.92 Å². The highest BCUT2D eigenvalue weighted by molar-refractivity contribution is 5.84. The van der Waals surface area contributed by atoms with Crippen LogP contribution in [-0.2, 0) is 20.1 Å². The number of nitrogens with one attached hydrogen (secondary N) is 1. The Hall–Kier alpha value is -2.18. The van der Waals surface area contributed by atoms with Crippen molar-refractivity contribution >= 4 is 10.9 Å². The van der Waals surface area contributed by atoms with Crippen LogP contribution in [0.25, 0.3) is 10.9 Å². The number of aromatic amines is 1. The first-order valence-electron chi connectivity index (χ1n) is 9.84. The van der Waals surface area contributed by atoms with E-state index < -0.39 is 0 Å². The smallest absolute Gasteiger partial charge is 0.146 e. The van der Waals surface area contributed by atoms with Crippen LogP contribution in [-0.4, -0.2) is 56.7 Å². The average Bonchev–Trinajstić information content (AvgIpc) is 3.16. The first-order chi connectivity index (χ1) is 13.0. The first-order valence-corrected chi connectivity index (χ1v) is 9.84. The van der Waals surface area contributed by atoms with Crippen molar-refractivity contribution in [2.24, 2.45) is 7.05 Å². The van der Waals surface area contributed by atoms with Crippen LogP contribution >= 0.6 is 0 Å². The number of aromatic nitrogens is 4. The largest absolute Gasteiger partial charge is 0.357 e. The van der Waals surface area contributed by atoms with Gasteiger partial charge in [0.05, 0.1) is 6.54 Å². The summed E-state index contributed by atoms with van der Waals surface area (Å²) < 4.78 is 2.20. The molecule has 3 heterocycles. The molecule has 3 aromatic rings. The van der Waals surface area contributed by atoms with Gasteiger partial charge in [-0.25, -0.2) is 0 Å². The second-order valence-electron chi connectivity index (χ2n) is 8.10. The van der Waals surface area contributed by atoms with Gasteiger partial charge in [0.1, 0.15) is 11.6 Å². The first kappa shape index (κ1) is 18.2. The highest BCUT2D eigenvalue weighted by atomic mass is 15.3. The second-order valence-corrected chi connectivity index (χ2v) is 8.10. The standard InChI is InChI=1S/C21H30N6/c1-15-17-7-5-6-8-18(17)22-19(15)13-27-11-9-16(10-12-27)21-24-23-20(26(21)4)14-25(2)3/h5-8,16,22H,9-14H2,1-4H3. The quantitative estimate of drug-likeness (QED) is 0.754. The van der Waals surface area contributed by atoms with E-state index in [1.54, 1.807) is 0 Å². The number of fused-ring (bicyclic) bond motifs is 1. The van der Waals surface area contributed by atoms with Crippen LogP contribution < -0.4 is 0 Å². The van der Waals surface area contributed by atoms with Crippen molar-refractivity contribution in [3.05, 3.63) is 47.2 Å². The Bertz CT molecular complexity index is 914. The molecule has 0 saturated carbocycles. The van der Waals surface area contributed by atoms with Crippen molar-refractivity contribution in [1.82, 2.24) is 29.5 Å². The van der Waals surface area contributed by atoms with Gasteiger partial charge in [-0.15, -0.1) is 10.2 Å². The third-order valence-corrected chi connectivity index (χ3v) is 5.86. The molecule has 0 radical (unpaired) electrons. The molecular formula is C21H30N6. The molecule has 0 atom stereocenters. The van der Waals surface area contributed by atoms with Crippen molar-refractivity contribution in [2.75, 3.05) is 27.2 Å². The zero-order chi connectivity index (χ0) is 19.0. The summed E-state index contributed by atoms with van der Waals surface area (Å²) in [7, 11) is 6.24. The number of benzene rings is 1. The Kier molecular flexibility index (Phi) is 5.02. The number of para-hydroxylation sites is 1. The highest BCUT2D eigenvalue weighted by Gasteiger charge is 2.25. The van der Waals surface area contributed by atoms with E-state index in [1.165, 1.54) is 22.2 Å². The minimum absolute atomic E-state index is 0.512. The van der Waals surface area contributed by atoms with Gasteiger partial charge < -0.3 is 14.5 Å². The number of rotatable bonds is 5. The summed E-state index contributed by atoms with van der Waals surface area (Å²) in [6, 6.07) is 8.58. The van der Waals surface area contributed by atoms with Gasteiger partial charge in [-0.05, 0) is 58.6 Å². The summed E-state index contributed by atoms with van der Waals surface area (Å²) in [5, 5.41) is 10.3. The summed E-state index contributed by atoms with van der Waals surface area (Å²) in [6.45, 7) is 6.28. The molecule has 1 aromatic carbocycles. The Morgan fingerprint density at radius 3 is 2.59 bits per heavy atom. The average molecular weight is 367 g/mol. The molecule has 144 valence electrons. The van der Waals surface area contributed by atoms with E-state index >= 15 is 0 Å². The SMILES string of the molecule is Cc1c(CN2CCC(c3nnc(CN(C)C)n3C)CC2)[nH]c2ccccc12. The lowest BCUT2D eigenvalue weighted by molar-refractivity contribution is 0.198. The maximum atomic E-state index is 4.51. The minimum Gasteiger partial charge on any atom is -0.357 e. The van der Waals surface area contributed by atoms with Crippen LogP contribution in [0.15, 0.2) is 24.3 Å². The molecule has 4 rings (SSSR count). The van der Waals surface area contributed by atoms with E-state index in [9.17, 15) is 0 Å². The molecule has 0 aliphatic carbocycles. The van der Waals surface area contributed by atoms with Gasteiger partial charge in [0.15, 0.2) is 0 Å². The van der Waals surface area contributed by atoms with E-state index in [-0.39, 0.29) is 0 Å². The second kappa shape index (κ2) is 7.44. The summed E-state index contributed by atoms with van der Waals surface area (Å²) in [4.78, 5) is 8.31. The van der Waals surface area contributed by atoms with Gasteiger partial charge in [0.2, 0.25) is 0 Å². The van der Waals surface area contributed by atoms with Gasteiger partial charge >= 0.3 is 0 Å². The van der Waals surface area contributed by atoms with E-state index in [0.29, 0.717) is 5.92 Å². The van der Waals surface area contributed by atoms with Crippen molar-refractivity contribution in [1.29, 1.82) is 0 Å². The van der Waals surface area contributed by atoms with Gasteiger partial charge in [-0.2, -0.15) is 0 Å². The number of H-pyrrole nitrogens is 1. The molecule has 1 aliphatic rings. The van der Waals surface area contributed by atoms with E-state index in [0.717, 1.165) is 50.7 Å². The topological polar surface area (TPSA) is 53.0 Å². The fourth-order valence-electron chi connectivity index (χ4n) is 4.22. The molecule has 1 saturated heterocycles. The summed E-state index contributed by atoms with van der Waals surface area (Å²) >= 11 is 0. The van der Waals surface area contributed by atoms with Crippen LogP contribution in [0.2, 0.25) is 0 Å². The molecule has 0 unspecified atom stereocenters. The predicted molar refractivity (Wildman–Crippen MR) is 109 cm³/mol. The summed E-state index contributed by atoms with van der Waals surface area (Å²) in [5.41, 5.74) is 3.98. The molecule has 0 bridgehead atoms. The Balaban J connectivity index is 1.40. The lowest BCUT2D eigenvalue weighted by Gasteiger charge is -2.31. The van der Waals surface area contributed by atoms with E-state index in [1.807, 2.05) is 0 Å². The van der Waals surface area contributed by atoms with E-state index in [4.69, 9.17) is 0 Å².